The van der Waals surface area contributed by atoms with E-state index in [1.165, 1.54) is 88.3 Å². The molecule has 8 aromatic rings. The van der Waals surface area contributed by atoms with Crippen LogP contribution in [0, 0.1) is 0 Å². The van der Waals surface area contributed by atoms with Crippen molar-refractivity contribution in [2.24, 2.45) is 0 Å². The lowest BCUT2D eigenvalue weighted by molar-refractivity contribution is 0.589. The van der Waals surface area contributed by atoms with E-state index in [0.29, 0.717) is 5.92 Å². The molecule has 0 aromatic heterocycles. The molecule has 0 heteroatoms. The number of hydrogen-bond donors (Lipinski definition) is 0. The van der Waals surface area contributed by atoms with E-state index in [0.717, 1.165) is 12.8 Å². The van der Waals surface area contributed by atoms with Crippen LogP contribution >= 0.6 is 0 Å². The molecule has 1 atom stereocenters. The molecule has 0 aliphatic heterocycles. The van der Waals surface area contributed by atoms with Crippen molar-refractivity contribution < 1.29 is 0 Å². The predicted octanol–water partition coefficient (Wildman–Crippen LogP) is 14.0. The Morgan fingerprint density at radius 2 is 0.941 bits per heavy atom. The predicted molar refractivity (Wildman–Crippen MR) is 219 cm³/mol. The summed E-state index contributed by atoms with van der Waals surface area (Å²) in [4.78, 5) is 0. The molecular formula is C51H42. The van der Waals surface area contributed by atoms with Crippen molar-refractivity contribution in [1.29, 1.82) is 0 Å². The van der Waals surface area contributed by atoms with Gasteiger partial charge in [0, 0.05) is 5.92 Å². The first-order chi connectivity index (χ1) is 24.9. The second kappa shape index (κ2) is 12.6. The zero-order valence-corrected chi connectivity index (χ0v) is 29.7. The summed E-state index contributed by atoms with van der Waals surface area (Å²) in [6.07, 6.45) is 2.15. The molecule has 0 saturated heterocycles. The molecule has 0 spiro atoms. The fourth-order valence-electron chi connectivity index (χ4n) is 8.47. The van der Waals surface area contributed by atoms with Gasteiger partial charge in [-0.1, -0.05) is 185 Å². The molecule has 1 aliphatic rings. The molecule has 0 amide bonds. The van der Waals surface area contributed by atoms with Crippen LogP contribution in [0.1, 0.15) is 55.4 Å². The van der Waals surface area contributed by atoms with Gasteiger partial charge in [-0.2, -0.15) is 0 Å². The van der Waals surface area contributed by atoms with Crippen LogP contribution in [0.25, 0.3) is 66.1 Å². The Balaban J connectivity index is 1.19. The Bertz CT molecular complexity index is 2470. The van der Waals surface area contributed by atoms with Crippen LogP contribution in [0.4, 0.5) is 0 Å². The third-order valence-electron chi connectivity index (χ3n) is 11.1. The molecule has 1 unspecified atom stereocenters. The standard InChI is InChI=1S/C51H42/c1-51(2,3)40-30-27-36(28-31-40)41-32-29-37-23-26-39(33-48(37)43-16-8-7-15-42(41)43)50-46-19-11-9-17-44(46)49(45-18-10-12-20-47(45)50)38-24-21-35(22-25-38)34-13-5-4-6-14-34/h4-28,30-31,33,41H,29,32H2,1-3H3. The van der Waals surface area contributed by atoms with Crippen LogP contribution in [0.3, 0.4) is 0 Å². The van der Waals surface area contributed by atoms with E-state index in [-0.39, 0.29) is 5.41 Å². The average molecular weight is 655 g/mol. The molecule has 0 bridgehead atoms. The molecule has 0 saturated carbocycles. The smallest absolute Gasteiger partial charge is 0.00986 e. The van der Waals surface area contributed by atoms with E-state index < -0.39 is 0 Å². The van der Waals surface area contributed by atoms with Gasteiger partial charge in [-0.3, -0.25) is 0 Å². The summed E-state index contributed by atoms with van der Waals surface area (Å²) in [7, 11) is 0. The molecular weight excluding hydrogens is 613 g/mol. The van der Waals surface area contributed by atoms with Gasteiger partial charge in [0.05, 0.1) is 0 Å². The van der Waals surface area contributed by atoms with Crippen LogP contribution in [-0.4, -0.2) is 0 Å². The van der Waals surface area contributed by atoms with Gasteiger partial charge in [-0.05, 0) is 113 Å². The Labute approximate surface area is 302 Å². The van der Waals surface area contributed by atoms with Crippen molar-refractivity contribution in [3.8, 4) is 44.5 Å². The fraction of sp³-hybridized carbons (Fsp3) is 0.137. The second-order valence-electron chi connectivity index (χ2n) is 15.2. The van der Waals surface area contributed by atoms with E-state index >= 15 is 0 Å². The summed E-state index contributed by atoms with van der Waals surface area (Å²) in [6, 6.07) is 63.6. The molecule has 0 heterocycles. The van der Waals surface area contributed by atoms with Gasteiger partial charge >= 0.3 is 0 Å². The minimum atomic E-state index is 0.145. The van der Waals surface area contributed by atoms with Gasteiger partial charge in [-0.15, -0.1) is 0 Å². The zero-order chi connectivity index (χ0) is 34.5. The van der Waals surface area contributed by atoms with Gasteiger partial charge in [0.1, 0.15) is 0 Å². The fourth-order valence-corrected chi connectivity index (χ4v) is 8.47. The van der Waals surface area contributed by atoms with E-state index in [1.54, 1.807) is 0 Å². The van der Waals surface area contributed by atoms with Crippen molar-refractivity contribution in [1.82, 2.24) is 0 Å². The third-order valence-corrected chi connectivity index (χ3v) is 11.1. The van der Waals surface area contributed by atoms with Crippen LogP contribution in [0.15, 0.2) is 170 Å². The minimum absolute atomic E-state index is 0.145. The SMILES string of the molecule is CC(C)(C)c1ccc(C2CCc3ccc(-c4c5ccccc5c(-c5ccc(-c6ccccc6)cc5)c5ccccc45)cc3-c3ccccc32)cc1. The normalized spacial score (nSPS) is 14.2. The minimum Gasteiger partial charge on any atom is -0.0622 e. The molecule has 9 rings (SSSR count). The highest BCUT2D eigenvalue weighted by atomic mass is 14.3. The van der Waals surface area contributed by atoms with Gasteiger partial charge in [0.15, 0.2) is 0 Å². The Kier molecular flexibility index (Phi) is 7.70. The summed E-state index contributed by atoms with van der Waals surface area (Å²) in [5.74, 6) is 0.361. The van der Waals surface area contributed by atoms with E-state index in [4.69, 9.17) is 0 Å². The van der Waals surface area contributed by atoms with Crippen LogP contribution < -0.4 is 0 Å². The summed E-state index contributed by atoms with van der Waals surface area (Å²) in [5, 5.41) is 5.15. The Morgan fingerprint density at radius 1 is 0.431 bits per heavy atom. The Hall–Kier alpha value is -5.72. The lowest BCUT2D eigenvalue weighted by atomic mass is 9.82. The molecule has 0 N–H and O–H groups in total. The van der Waals surface area contributed by atoms with Gasteiger partial charge < -0.3 is 0 Å². The van der Waals surface area contributed by atoms with Crippen molar-refractivity contribution >= 4 is 21.5 Å². The van der Waals surface area contributed by atoms with Crippen molar-refractivity contribution in [2.75, 3.05) is 0 Å². The molecule has 0 fully saturated rings. The maximum absolute atomic E-state index is 2.49. The molecule has 1 aliphatic carbocycles. The second-order valence-corrected chi connectivity index (χ2v) is 15.2. The first-order valence-corrected chi connectivity index (χ1v) is 18.4. The topological polar surface area (TPSA) is 0 Å². The summed E-state index contributed by atoms with van der Waals surface area (Å²) in [6.45, 7) is 6.88. The van der Waals surface area contributed by atoms with Crippen molar-refractivity contribution in [2.45, 2.75) is 44.9 Å². The highest BCUT2D eigenvalue weighted by Gasteiger charge is 2.25. The molecule has 0 nitrogen and oxygen atoms in total. The number of rotatable bonds is 4. The average Bonchev–Trinajstić information content (AvgIpc) is 3.34. The van der Waals surface area contributed by atoms with Crippen molar-refractivity contribution in [3.63, 3.8) is 0 Å². The number of aryl methyl sites for hydroxylation is 1. The van der Waals surface area contributed by atoms with Gasteiger partial charge in [0.2, 0.25) is 0 Å². The van der Waals surface area contributed by atoms with Crippen LogP contribution in [0.2, 0.25) is 0 Å². The van der Waals surface area contributed by atoms with Crippen LogP contribution in [0.5, 0.6) is 0 Å². The summed E-state index contributed by atoms with van der Waals surface area (Å²) < 4.78 is 0. The maximum Gasteiger partial charge on any atom is 0.00986 e. The van der Waals surface area contributed by atoms with Gasteiger partial charge in [-0.25, -0.2) is 0 Å². The quantitative estimate of drug-likeness (QED) is 0.166. The molecule has 8 aromatic carbocycles. The Morgan fingerprint density at radius 3 is 1.57 bits per heavy atom. The largest absolute Gasteiger partial charge is 0.0622 e. The van der Waals surface area contributed by atoms with E-state index in [1.807, 2.05) is 0 Å². The highest BCUT2D eigenvalue weighted by Crippen LogP contribution is 2.47. The maximum atomic E-state index is 2.49. The molecule has 0 radical (unpaired) electrons. The monoisotopic (exact) mass is 654 g/mol. The highest BCUT2D eigenvalue weighted by molar-refractivity contribution is 6.21. The zero-order valence-electron chi connectivity index (χ0n) is 29.7. The van der Waals surface area contributed by atoms with E-state index in [2.05, 4.69) is 191 Å². The molecule has 51 heavy (non-hydrogen) atoms. The van der Waals surface area contributed by atoms with E-state index in [9.17, 15) is 0 Å². The first kappa shape index (κ1) is 31.3. The lowest BCUT2D eigenvalue weighted by Gasteiger charge is -2.22. The summed E-state index contributed by atoms with van der Waals surface area (Å²) in [5.41, 5.74) is 16.1. The third kappa shape index (κ3) is 5.56. The van der Waals surface area contributed by atoms with Crippen LogP contribution in [-0.2, 0) is 11.8 Å². The first-order valence-electron chi connectivity index (χ1n) is 18.4. The van der Waals surface area contributed by atoms with Crippen molar-refractivity contribution in [3.05, 3.63) is 192 Å². The number of benzene rings is 8. The lowest BCUT2D eigenvalue weighted by Crippen LogP contribution is -2.11. The van der Waals surface area contributed by atoms with Gasteiger partial charge in [0.25, 0.3) is 0 Å². The number of hydrogen-bond acceptors (Lipinski definition) is 0. The molecule has 246 valence electrons. The summed E-state index contributed by atoms with van der Waals surface area (Å²) >= 11 is 0. The number of fused-ring (bicyclic) bond motifs is 5.